The van der Waals surface area contributed by atoms with E-state index >= 15 is 0 Å². The number of nitrogens with two attached hydrogens (primary N) is 1. The zero-order valence-electron chi connectivity index (χ0n) is 10.1. The molecule has 16 heavy (non-hydrogen) atoms. The Bertz CT molecular complexity index is 243. The molecule has 0 bridgehead atoms. The fourth-order valence-corrected chi connectivity index (χ4v) is 3.46. The van der Waals surface area contributed by atoms with E-state index in [4.69, 9.17) is 5.73 Å². The molecule has 1 amide bonds. The number of carbonyl (C=O) groups is 1. The first-order valence-electron chi connectivity index (χ1n) is 6.58. The summed E-state index contributed by atoms with van der Waals surface area (Å²) in [4.78, 5) is 11.3. The molecule has 3 N–H and O–H groups in total. The number of likely N-dealkylation sites (tertiary alicyclic amines) is 1. The molecular formula is C12H24N3O+. The number of piperidine rings is 2. The van der Waals surface area contributed by atoms with Gasteiger partial charge in [0.15, 0.2) is 6.54 Å². The number of amides is 1. The lowest BCUT2D eigenvalue weighted by atomic mass is 9.96. The SMILES string of the molecule is NC(=O)C[N+]1(C2CCNCC2)CCCCC1. The van der Waals surface area contributed by atoms with Crippen LogP contribution in [-0.4, -0.2) is 49.2 Å². The molecule has 2 aliphatic rings. The second kappa shape index (κ2) is 5.15. The van der Waals surface area contributed by atoms with Gasteiger partial charge < -0.3 is 15.5 Å². The average Bonchev–Trinajstić information content (AvgIpc) is 2.30. The van der Waals surface area contributed by atoms with Gasteiger partial charge in [-0.05, 0) is 19.3 Å². The van der Waals surface area contributed by atoms with E-state index in [0.717, 1.165) is 30.7 Å². The Labute approximate surface area is 97.8 Å². The van der Waals surface area contributed by atoms with Gasteiger partial charge in [0, 0.05) is 25.9 Å². The summed E-state index contributed by atoms with van der Waals surface area (Å²) < 4.78 is 0.983. The zero-order chi connectivity index (χ0) is 11.4. The van der Waals surface area contributed by atoms with Gasteiger partial charge in [-0.15, -0.1) is 0 Å². The van der Waals surface area contributed by atoms with E-state index in [9.17, 15) is 4.79 Å². The second-order valence-corrected chi connectivity index (χ2v) is 5.33. The average molecular weight is 226 g/mol. The fourth-order valence-electron chi connectivity index (χ4n) is 3.46. The van der Waals surface area contributed by atoms with Crippen LogP contribution in [0.2, 0.25) is 0 Å². The van der Waals surface area contributed by atoms with Crippen molar-refractivity contribution in [3.8, 4) is 0 Å². The summed E-state index contributed by atoms with van der Waals surface area (Å²) in [7, 11) is 0. The number of hydrogen-bond donors (Lipinski definition) is 2. The van der Waals surface area contributed by atoms with Crippen LogP contribution in [0.4, 0.5) is 0 Å². The van der Waals surface area contributed by atoms with Crippen LogP contribution in [0.3, 0.4) is 0 Å². The predicted molar refractivity (Wildman–Crippen MR) is 63.8 cm³/mol. The molecule has 2 aliphatic heterocycles. The van der Waals surface area contributed by atoms with E-state index in [0.29, 0.717) is 12.6 Å². The molecule has 2 rings (SSSR count). The van der Waals surface area contributed by atoms with Crippen molar-refractivity contribution in [2.75, 3.05) is 32.7 Å². The van der Waals surface area contributed by atoms with E-state index in [2.05, 4.69) is 5.32 Å². The third kappa shape index (κ3) is 2.55. The molecule has 2 heterocycles. The minimum Gasteiger partial charge on any atom is -0.365 e. The van der Waals surface area contributed by atoms with Crippen molar-refractivity contribution in [3.63, 3.8) is 0 Å². The molecule has 0 spiro atoms. The highest BCUT2D eigenvalue weighted by atomic mass is 16.1. The number of nitrogens with zero attached hydrogens (tertiary/aromatic N) is 1. The molecule has 0 unspecified atom stereocenters. The molecule has 2 saturated heterocycles. The van der Waals surface area contributed by atoms with E-state index in [1.54, 1.807) is 0 Å². The minimum atomic E-state index is -0.125. The first-order chi connectivity index (χ1) is 7.73. The van der Waals surface area contributed by atoms with Crippen LogP contribution in [-0.2, 0) is 4.79 Å². The number of nitrogens with one attached hydrogen (secondary N) is 1. The third-order valence-electron chi connectivity index (χ3n) is 4.26. The van der Waals surface area contributed by atoms with E-state index < -0.39 is 0 Å². The van der Waals surface area contributed by atoms with Gasteiger partial charge >= 0.3 is 0 Å². The molecule has 0 aliphatic carbocycles. The van der Waals surface area contributed by atoms with Gasteiger partial charge in [0.25, 0.3) is 5.91 Å². The van der Waals surface area contributed by atoms with Gasteiger partial charge in [-0.3, -0.25) is 4.79 Å². The molecular weight excluding hydrogens is 202 g/mol. The Morgan fingerprint density at radius 1 is 1.19 bits per heavy atom. The van der Waals surface area contributed by atoms with Crippen LogP contribution >= 0.6 is 0 Å². The van der Waals surface area contributed by atoms with Gasteiger partial charge in [-0.2, -0.15) is 0 Å². The Morgan fingerprint density at radius 3 is 2.38 bits per heavy atom. The largest absolute Gasteiger partial charge is 0.365 e. The van der Waals surface area contributed by atoms with Crippen molar-refractivity contribution in [2.45, 2.75) is 38.1 Å². The monoisotopic (exact) mass is 226 g/mol. The molecule has 0 radical (unpaired) electrons. The van der Waals surface area contributed by atoms with Crippen LogP contribution < -0.4 is 11.1 Å². The summed E-state index contributed by atoms with van der Waals surface area (Å²) in [5, 5.41) is 3.40. The highest BCUT2D eigenvalue weighted by molar-refractivity contribution is 5.74. The Kier molecular flexibility index (Phi) is 3.82. The predicted octanol–water partition coefficient (Wildman–Crippen LogP) is 0.224. The van der Waals surface area contributed by atoms with Gasteiger partial charge in [0.2, 0.25) is 0 Å². The zero-order valence-corrected chi connectivity index (χ0v) is 10.1. The third-order valence-corrected chi connectivity index (χ3v) is 4.26. The summed E-state index contributed by atoms with van der Waals surface area (Å²) in [5.41, 5.74) is 5.44. The first kappa shape index (κ1) is 11.9. The first-order valence-corrected chi connectivity index (χ1v) is 6.58. The quantitative estimate of drug-likeness (QED) is 0.677. The lowest BCUT2D eigenvalue weighted by Crippen LogP contribution is -2.63. The van der Waals surface area contributed by atoms with Crippen molar-refractivity contribution >= 4 is 5.91 Å². The maximum atomic E-state index is 11.3. The highest BCUT2D eigenvalue weighted by Crippen LogP contribution is 2.27. The summed E-state index contributed by atoms with van der Waals surface area (Å²) in [6.45, 7) is 5.08. The standard InChI is InChI=1S/C12H23N3O/c13-12(16)10-15(8-2-1-3-9-15)11-4-6-14-7-5-11/h11,14H,1-10H2,(H-,13,16)/p+1. The van der Waals surface area contributed by atoms with Crippen molar-refractivity contribution in [2.24, 2.45) is 5.73 Å². The van der Waals surface area contributed by atoms with Gasteiger partial charge in [0.05, 0.1) is 19.1 Å². The van der Waals surface area contributed by atoms with Crippen molar-refractivity contribution < 1.29 is 9.28 Å². The molecule has 92 valence electrons. The molecule has 0 saturated carbocycles. The minimum absolute atomic E-state index is 0.125. The molecule has 2 fully saturated rings. The number of hydrogen-bond acceptors (Lipinski definition) is 2. The second-order valence-electron chi connectivity index (χ2n) is 5.33. The van der Waals surface area contributed by atoms with Crippen molar-refractivity contribution in [1.29, 1.82) is 0 Å². The smallest absolute Gasteiger partial charge is 0.272 e. The van der Waals surface area contributed by atoms with Crippen LogP contribution in [0.15, 0.2) is 0 Å². The van der Waals surface area contributed by atoms with Crippen LogP contribution in [0, 0.1) is 0 Å². The lowest BCUT2D eigenvalue weighted by molar-refractivity contribution is -0.949. The Hall–Kier alpha value is -0.610. The van der Waals surface area contributed by atoms with Crippen molar-refractivity contribution in [1.82, 2.24) is 5.32 Å². The van der Waals surface area contributed by atoms with Gasteiger partial charge in [0.1, 0.15) is 0 Å². The molecule has 0 atom stereocenters. The van der Waals surface area contributed by atoms with Crippen molar-refractivity contribution in [3.05, 3.63) is 0 Å². The van der Waals surface area contributed by atoms with E-state index in [1.165, 1.54) is 32.1 Å². The topological polar surface area (TPSA) is 55.1 Å². The van der Waals surface area contributed by atoms with Crippen LogP contribution in [0.25, 0.3) is 0 Å². The van der Waals surface area contributed by atoms with E-state index in [1.807, 2.05) is 0 Å². The summed E-state index contributed by atoms with van der Waals surface area (Å²) >= 11 is 0. The Morgan fingerprint density at radius 2 is 1.81 bits per heavy atom. The molecule has 4 heteroatoms. The summed E-state index contributed by atoms with van der Waals surface area (Å²) in [6, 6.07) is 0.661. The van der Waals surface area contributed by atoms with E-state index in [-0.39, 0.29) is 5.91 Å². The van der Waals surface area contributed by atoms with Gasteiger partial charge in [-0.1, -0.05) is 0 Å². The summed E-state index contributed by atoms with van der Waals surface area (Å²) in [5.74, 6) is -0.125. The van der Waals surface area contributed by atoms with Gasteiger partial charge in [-0.25, -0.2) is 0 Å². The molecule has 0 aromatic rings. The number of rotatable bonds is 3. The number of primary amides is 1. The maximum absolute atomic E-state index is 11.3. The highest BCUT2D eigenvalue weighted by Gasteiger charge is 2.39. The molecule has 0 aromatic heterocycles. The summed E-state index contributed by atoms with van der Waals surface area (Å²) in [6.07, 6.45) is 6.25. The maximum Gasteiger partial charge on any atom is 0.272 e. The van der Waals surface area contributed by atoms with Crippen LogP contribution in [0.5, 0.6) is 0 Å². The Balaban J connectivity index is 2.07. The molecule has 4 nitrogen and oxygen atoms in total. The molecule has 0 aromatic carbocycles. The number of quaternary nitrogens is 1. The normalized spacial score (nSPS) is 26.5. The lowest BCUT2D eigenvalue weighted by Gasteiger charge is -2.48. The van der Waals surface area contributed by atoms with Crippen LogP contribution in [0.1, 0.15) is 32.1 Å². The number of carbonyl (C=O) groups excluding carboxylic acids is 1. The fraction of sp³-hybridized carbons (Fsp3) is 0.917.